The molecule has 31 nitrogen and oxygen atoms in total. The first kappa shape index (κ1) is 109. The number of benzene rings is 4. The smallest absolute Gasteiger partial charge is 0.217 e. The van der Waals surface area contributed by atoms with Gasteiger partial charge in [0.25, 0.3) is 0 Å². The number of nitriles is 1. The van der Waals surface area contributed by atoms with E-state index in [1.807, 2.05) is 110 Å². The van der Waals surface area contributed by atoms with Gasteiger partial charge in [0, 0.05) is 154 Å². The Bertz CT molecular complexity index is 6690. The second-order valence-electron chi connectivity index (χ2n) is 42.2. The van der Waals surface area contributed by atoms with Gasteiger partial charge in [-0.05, 0) is 292 Å². The number of aliphatic hydroxyl groups is 1. The zero-order valence-electron chi connectivity index (χ0n) is 86.4. The molecule has 12 aromatic rings. The predicted octanol–water partition coefficient (Wildman–Crippen LogP) is 20.5. The molecule has 20 rings (SSSR count). The summed E-state index contributed by atoms with van der Waals surface area (Å²) in [5, 5.41) is 43.1. The topological polar surface area (TPSA) is 357 Å². The molecule has 0 radical (unpaired) electrons. The number of hydrogen-bond acceptors (Lipinski definition) is 25. The van der Waals surface area contributed by atoms with E-state index in [4.69, 9.17) is 160 Å². The third-order valence-electron chi connectivity index (χ3n) is 32.3. The number of rotatable bonds is 27. The molecule has 0 bridgehead atoms. The molecule has 39 heteroatoms. The minimum absolute atomic E-state index is 0.0974. The van der Waals surface area contributed by atoms with Crippen LogP contribution in [0.1, 0.15) is 254 Å². The van der Waals surface area contributed by atoms with Crippen LogP contribution in [0.4, 0.5) is 23.3 Å². The van der Waals surface area contributed by atoms with Crippen LogP contribution >= 0.6 is 92.8 Å². The van der Waals surface area contributed by atoms with E-state index < -0.39 is 0 Å². The molecule has 0 saturated carbocycles. The van der Waals surface area contributed by atoms with Gasteiger partial charge >= 0.3 is 0 Å². The van der Waals surface area contributed by atoms with Crippen molar-refractivity contribution in [3.63, 3.8) is 0 Å². The average molecular weight is 2160 g/mol. The summed E-state index contributed by atoms with van der Waals surface area (Å²) in [5.41, 5.74) is 29.0. The normalized spacial score (nSPS) is 23.9. The Kier molecular flexibility index (Phi) is 35.7. The molecule has 16 heterocycles. The number of fused-ring (bicyclic) bond motifs is 4. The van der Waals surface area contributed by atoms with Crippen LogP contribution in [-0.4, -0.2) is 255 Å². The van der Waals surface area contributed by atoms with Crippen LogP contribution in [-0.2, 0) is 9.59 Å². The number of nitrogens with zero attached hydrogens (tertiary/aromatic N) is 25. The molecule has 7 N–H and O–H groups in total. The summed E-state index contributed by atoms with van der Waals surface area (Å²) in [6, 6.07) is 27.9. The van der Waals surface area contributed by atoms with E-state index in [9.17, 15) is 20.0 Å². The zero-order chi connectivity index (χ0) is 104. The van der Waals surface area contributed by atoms with E-state index >= 15 is 0 Å². The van der Waals surface area contributed by atoms with Gasteiger partial charge < -0.3 is 41.9 Å². The summed E-state index contributed by atoms with van der Waals surface area (Å²) in [7, 11) is 0. The van der Waals surface area contributed by atoms with Crippen molar-refractivity contribution >= 4 is 173 Å². The highest BCUT2D eigenvalue weighted by molar-refractivity contribution is 6.37. The number of aromatic nitrogens is 16. The van der Waals surface area contributed by atoms with E-state index in [0.29, 0.717) is 136 Å². The molecular weight excluding hydrogens is 2020 g/mol. The maximum Gasteiger partial charge on any atom is 0.217 e. The molecule has 0 aliphatic carbocycles. The van der Waals surface area contributed by atoms with Crippen molar-refractivity contribution < 1.29 is 14.7 Å². The molecule has 8 saturated heterocycles. The van der Waals surface area contributed by atoms with Crippen LogP contribution in [0.3, 0.4) is 0 Å². The fourth-order valence-corrected chi connectivity index (χ4v) is 26.9. The second-order valence-corrected chi connectivity index (χ2v) is 45.6. The molecule has 8 aromatic heterocycles. The molecular formula is C108H140Cl8N28O3. The van der Waals surface area contributed by atoms with Crippen LogP contribution in [0.2, 0.25) is 40.2 Å². The molecule has 786 valence electrons. The first-order valence-corrected chi connectivity index (χ1v) is 55.7. The number of aryl methyl sites for hydroxylation is 3. The lowest BCUT2D eigenvalue weighted by molar-refractivity contribution is -0.119. The fraction of sp³-hybridized carbons (Fsp3) is 0.565. The van der Waals surface area contributed by atoms with Crippen molar-refractivity contribution in [3.8, 4) is 6.07 Å². The highest BCUT2D eigenvalue weighted by Crippen LogP contribution is 2.43. The second kappa shape index (κ2) is 48.2. The van der Waals surface area contributed by atoms with Crippen LogP contribution < -0.4 is 36.8 Å². The first-order valence-electron chi connectivity index (χ1n) is 52.7. The van der Waals surface area contributed by atoms with Gasteiger partial charge in [-0.3, -0.25) is 29.2 Å². The molecule has 2 amide bonds. The van der Waals surface area contributed by atoms with Crippen molar-refractivity contribution in [1.29, 1.82) is 5.26 Å². The summed E-state index contributed by atoms with van der Waals surface area (Å²) in [6.45, 7) is 38.1. The quantitative estimate of drug-likeness (QED) is 0.0371. The van der Waals surface area contributed by atoms with Gasteiger partial charge in [0.15, 0.2) is 28.3 Å². The van der Waals surface area contributed by atoms with E-state index in [2.05, 4.69) is 104 Å². The van der Waals surface area contributed by atoms with Crippen molar-refractivity contribution in [3.05, 3.63) is 183 Å². The lowest BCUT2D eigenvalue weighted by Crippen LogP contribution is -2.52. The molecule has 4 aromatic carbocycles. The third kappa shape index (κ3) is 24.5. The zero-order valence-corrected chi connectivity index (χ0v) is 92.4. The van der Waals surface area contributed by atoms with Crippen molar-refractivity contribution in [2.24, 2.45) is 40.9 Å². The standard InChI is InChI=1S/C28H38Cl2N6O.C27H32Cl2N8O.C27H35Cl2N7O.C26H35Cl2N7/c1-17-16-34(13-11-25(17)35-12-5-6-22(35)9-7-18(2)37)26-15-31-27-19(3)33-36(28(27)32-26)20(4)23-10-8-21(29)14-24(23)30;1-16-15-35(11-9-23(16)36-10-3-4-19(36)6-8-24(31)38)25-14-32-26-22(13-30)34-37(27(26)33-25)17(2)20-7-5-18(28)12-21(20)29;1-16-15-34(12-10-23(16)35-11-4-5-20(35)7-9-24(30)37)25-14-31-26-17(2)33-36(27(26)32-25)18(3)21-8-6-19(28)13-22(21)29;1-16-15-33(12-9-23(16)34-11-4-5-20(34)8-10-29)24-14-30-25-17(2)32-35(26(25)31-24)18(3)21-7-6-19(27)13-22(21)28/h8,10,14-15,17-18,20,22,25,37H,5-7,9,11-13,16H2,1-4H3;5,7,12,14,16-17,19,23H,3-4,6,8-11,15H2,1-2H3,(H2,31,38);6,8,13-14,16,18,20,23H,4-5,7,9-12,15H2,1-3H3,(H2,30,37);6-7,13-14,16,18,20,23H,4-5,8-12,15,29H2,1-3H3. The number of nitrogens with two attached hydrogens (primary N) is 3. The summed E-state index contributed by atoms with van der Waals surface area (Å²) < 4.78 is 7.51. The summed E-state index contributed by atoms with van der Waals surface area (Å²) in [6.07, 6.45) is 26.9. The largest absolute Gasteiger partial charge is 0.393 e. The Morgan fingerprint density at radius 2 is 0.653 bits per heavy atom. The van der Waals surface area contributed by atoms with Crippen LogP contribution in [0.5, 0.6) is 0 Å². The molecule has 147 heavy (non-hydrogen) atoms. The van der Waals surface area contributed by atoms with Gasteiger partial charge in [-0.1, -0.05) is 145 Å². The van der Waals surface area contributed by atoms with E-state index in [1.54, 1.807) is 41.2 Å². The summed E-state index contributed by atoms with van der Waals surface area (Å²) >= 11 is 50.5. The highest BCUT2D eigenvalue weighted by Gasteiger charge is 2.43. The number of carbonyl (C=O) groups excluding carboxylic acids is 2. The Balaban J connectivity index is 0.000000134. The molecule has 0 spiro atoms. The summed E-state index contributed by atoms with van der Waals surface area (Å²) in [5.74, 6) is 5.01. The summed E-state index contributed by atoms with van der Waals surface area (Å²) in [4.78, 5) is 81.9. The predicted molar refractivity (Wildman–Crippen MR) is 591 cm³/mol. The van der Waals surface area contributed by atoms with Gasteiger partial charge in [0.2, 0.25) is 11.8 Å². The number of carbonyl (C=O) groups is 2. The van der Waals surface area contributed by atoms with E-state index in [-0.39, 0.29) is 47.8 Å². The highest BCUT2D eigenvalue weighted by atomic mass is 35.5. The monoisotopic (exact) mass is 2160 g/mol. The van der Waals surface area contributed by atoms with Crippen LogP contribution in [0, 0.1) is 55.8 Å². The van der Waals surface area contributed by atoms with Gasteiger partial charge in [-0.15, -0.1) is 0 Å². The number of aliphatic hydroxyl groups excluding tert-OH is 1. The number of anilines is 4. The van der Waals surface area contributed by atoms with Crippen molar-refractivity contribution in [2.45, 2.75) is 284 Å². The van der Waals surface area contributed by atoms with Gasteiger partial charge in [-0.25, -0.2) is 58.6 Å². The van der Waals surface area contributed by atoms with Gasteiger partial charge in [0.1, 0.15) is 51.4 Å². The number of halogens is 8. The van der Waals surface area contributed by atoms with Crippen molar-refractivity contribution in [2.75, 3.05) is 105 Å². The Labute approximate surface area is 902 Å². The maximum absolute atomic E-state index is 11.3. The van der Waals surface area contributed by atoms with Gasteiger partial charge in [0.05, 0.1) is 72.1 Å². The molecule has 8 aliphatic heterocycles. The Morgan fingerprint density at radius 3 is 0.912 bits per heavy atom. The molecule has 17 atom stereocenters. The lowest BCUT2D eigenvalue weighted by atomic mass is 9.91. The molecule has 8 fully saturated rings. The third-order valence-corrected chi connectivity index (χ3v) is 34.5. The maximum atomic E-state index is 11.3. The van der Waals surface area contributed by atoms with E-state index in [0.717, 1.165) is 239 Å². The Morgan fingerprint density at radius 1 is 0.388 bits per heavy atom. The van der Waals surface area contributed by atoms with Crippen molar-refractivity contribution in [1.82, 2.24) is 98.6 Å². The number of primary amides is 2. The fourth-order valence-electron chi connectivity index (χ4n) is 24.7. The van der Waals surface area contributed by atoms with Crippen LogP contribution in [0.25, 0.3) is 44.7 Å². The Hall–Kier alpha value is -9.21. The van der Waals surface area contributed by atoms with Gasteiger partial charge in [-0.2, -0.15) is 25.7 Å². The average Bonchev–Trinajstić information content (AvgIpc) is 1.61. The SMILES string of the molecule is CC1CN(c2cnc3c(C#N)nn(C(C)c4ccc(Cl)cc4Cl)c3n2)CCC1N1CCCC1CCC(N)=O.Cc1nn(C(C)c2ccc(Cl)cc2Cl)c2nc(N3CCC(N4CCCC4CCC(C)O)C(C)C3)cnc12.Cc1nn(C(C)c2ccc(Cl)cc2Cl)c2nc(N3CCC(N4CCCC4CCC(N)=O)C(C)C3)cnc12.Cc1nn(C(C)c2ccc(Cl)cc2Cl)c2nc(N3CCC(N4CCCC4CCN)C(C)C3)cnc12. The number of amides is 2. The molecule has 17 unspecified atom stereocenters. The number of likely N-dealkylation sites (tertiary alicyclic amines) is 4. The first-order chi connectivity index (χ1) is 70.6. The minimum atomic E-state index is -0.272. The minimum Gasteiger partial charge on any atom is -0.393 e. The number of piperidine rings is 4. The number of hydrogen-bond donors (Lipinski definition) is 4. The van der Waals surface area contributed by atoms with E-state index in [1.165, 1.54) is 51.6 Å². The molecule has 8 aliphatic rings. The lowest BCUT2D eigenvalue weighted by Gasteiger charge is -2.44. The van der Waals surface area contributed by atoms with Crippen LogP contribution in [0.15, 0.2) is 97.6 Å².